The minimum absolute atomic E-state index is 0.212. The zero-order valence-corrected chi connectivity index (χ0v) is 10.2. The van der Waals surface area contributed by atoms with E-state index in [0.29, 0.717) is 5.69 Å². The topological polar surface area (TPSA) is 76.2 Å². The molecule has 0 amide bonds. The molecule has 0 bridgehead atoms. The standard InChI is InChI=1S/C8H8Br2N2O2/c9-4-1-5(10)7(12-3-4)2-6(11)8(13)14/h1,3,6H,2,11H2,(H,13,14). The predicted octanol–water partition coefficient (Wildman–Crippen LogP) is 1.56. The summed E-state index contributed by atoms with van der Waals surface area (Å²) in [5.41, 5.74) is 6.03. The lowest BCUT2D eigenvalue weighted by Gasteiger charge is -2.07. The van der Waals surface area contributed by atoms with E-state index in [0.717, 1.165) is 8.95 Å². The van der Waals surface area contributed by atoms with Crippen molar-refractivity contribution >= 4 is 37.8 Å². The normalized spacial score (nSPS) is 12.5. The average molecular weight is 324 g/mol. The van der Waals surface area contributed by atoms with Crippen LogP contribution in [-0.2, 0) is 11.2 Å². The summed E-state index contributed by atoms with van der Waals surface area (Å²) in [6, 6.07) is 0.886. The molecule has 1 rings (SSSR count). The summed E-state index contributed by atoms with van der Waals surface area (Å²) in [5.74, 6) is -1.03. The van der Waals surface area contributed by atoms with Crippen molar-refractivity contribution in [1.29, 1.82) is 0 Å². The van der Waals surface area contributed by atoms with Crippen molar-refractivity contribution in [3.63, 3.8) is 0 Å². The van der Waals surface area contributed by atoms with Gasteiger partial charge < -0.3 is 10.8 Å². The number of aliphatic carboxylic acids is 1. The van der Waals surface area contributed by atoms with Gasteiger partial charge in [-0.1, -0.05) is 0 Å². The monoisotopic (exact) mass is 322 g/mol. The molecule has 0 saturated carbocycles. The van der Waals surface area contributed by atoms with Crippen LogP contribution < -0.4 is 5.73 Å². The number of hydrogen-bond donors (Lipinski definition) is 2. The molecular formula is C8H8Br2N2O2. The van der Waals surface area contributed by atoms with Crippen LogP contribution in [0, 0.1) is 0 Å². The molecule has 0 radical (unpaired) electrons. The Morgan fingerprint density at radius 2 is 2.29 bits per heavy atom. The highest BCUT2D eigenvalue weighted by Gasteiger charge is 2.14. The number of halogens is 2. The highest BCUT2D eigenvalue weighted by atomic mass is 79.9. The van der Waals surface area contributed by atoms with Gasteiger partial charge in [-0.25, -0.2) is 0 Å². The maximum Gasteiger partial charge on any atom is 0.320 e. The minimum atomic E-state index is -1.03. The summed E-state index contributed by atoms with van der Waals surface area (Å²) in [4.78, 5) is 14.6. The number of rotatable bonds is 3. The van der Waals surface area contributed by atoms with E-state index in [1.165, 1.54) is 0 Å². The van der Waals surface area contributed by atoms with Gasteiger partial charge in [0, 0.05) is 21.6 Å². The molecule has 4 nitrogen and oxygen atoms in total. The van der Waals surface area contributed by atoms with Gasteiger partial charge in [-0.05, 0) is 37.9 Å². The molecule has 0 aliphatic heterocycles. The number of carboxylic acid groups (broad SMARTS) is 1. The first-order valence-electron chi connectivity index (χ1n) is 3.79. The fourth-order valence-electron chi connectivity index (χ4n) is 0.889. The van der Waals surface area contributed by atoms with Crippen LogP contribution in [0.25, 0.3) is 0 Å². The first-order valence-corrected chi connectivity index (χ1v) is 5.37. The van der Waals surface area contributed by atoms with Crippen LogP contribution in [0.3, 0.4) is 0 Å². The molecule has 1 aromatic heterocycles. The van der Waals surface area contributed by atoms with Crippen LogP contribution in [0.5, 0.6) is 0 Å². The number of carboxylic acids is 1. The van der Waals surface area contributed by atoms with Crippen molar-refractivity contribution in [2.75, 3.05) is 0 Å². The second-order valence-electron chi connectivity index (χ2n) is 2.73. The third kappa shape index (κ3) is 3.04. The van der Waals surface area contributed by atoms with Crippen molar-refractivity contribution in [3.8, 4) is 0 Å². The SMILES string of the molecule is NC(Cc1ncc(Br)cc1Br)C(=O)O. The smallest absolute Gasteiger partial charge is 0.320 e. The van der Waals surface area contributed by atoms with Crippen LogP contribution >= 0.6 is 31.9 Å². The van der Waals surface area contributed by atoms with E-state index >= 15 is 0 Å². The number of carbonyl (C=O) groups is 1. The van der Waals surface area contributed by atoms with E-state index < -0.39 is 12.0 Å². The van der Waals surface area contributed by atoms with Crippen LogP contribution in [-0.4, -0.2) is 22.1 Å². The first kappa shape index (κ1) is 11.6. The molecule has 1 atom stereocenters. The van der Waals surface area contributed by atoms with Gasteiger partial charge in [0.2, 0.25) is 0 Å². The van der Waals surface area contributed by atoms with Crippen LogP contribution in [0.15, 0.2) is 21.2 Å². The Labute approximate surface area is 97.8 Å². The number of aromatic nitrogens is 1. The van der Waals surface area contributed by atoms with Crippen LogP contribution in [0.2, 0.25) is 0 Å². The third-order valence-electron chi connectivity index (χ3n) is 1.61. The van der Waals surface area contributed by atoms with E-state index in [1.807, 2.05) is 0 Å². The van der Waals surface area contributed by atoms with Gasteiger partial charge in [0.05, 0.1) is 5.69 Å². The van der Waals surface area contributed by atoms with Crippen molar-refractivity contribution in [2.45, 2.75) is 12.5 Å². The second kappa shape index (κ2) is 4.86. The summed E-state index contributed by atoms with van der Waals surface area (Å²) in [5, 5.41) is 8.61. The Bertz CT molecular complexity index is 357. The number of pyridine rings is 1. The zero-order chi connectivity index (χ0) is 10.7. The van der Waals surface area contributed by atoms with Crippen molar-refractivity contribution < 1.29 is 9.90 Å². The molecule has 0 aliphatic carbocycles. The minimum Gasteiger partial charge on any atom is -0.480 e. The van der Waals surface area contributed by atoms with Gasteiger partial charge in [0.1, 0.15) is 6.04 Å². The molecule has 1 heterocycles. The molecule has 3 N–H and O–H groups in total. The Morgan fingerprint density at radius 1 is 1.64 bits per heavy atom. The number of hydrogen-bond acceptors (Lipinski definition) is 3. The lowest BCUT2D eigenvalue weighted by atomic mass is 10.1. The van der Waals surface area contributed by atoms with E-state index in [9.17, 15) is 4.79 Å². The number of nitrogens with zero attached hydrogens (tertiary/aromatic N) is 1. The molecule has 14 heavy (non-hydrogen) atoms. The fraction of sp³-hybridized carbons (Fsp3) is 0.250. The molecule has 0 saturated heterocycles. The summed E-state index contributed by atoms with van der Waals surface area (Å²) >= 11 is 6.54. The number of nitrogens with two attached hydrogens (primary N) is 1. The average Bonchev–Trinajstić information content (AvgIpc) is 2.09. The highest BCUT2D eigenvalue weighted by Crippen LogP contribution is 2.20. The summed E-state index contributed by atoms with van der Waals surface area (Å²) in [6.45, 7) is 0. The van der Waals surface area contributed by atoms with Crippen LogP contribution in [0.4, 0.5) is 0 Å². The van der Waals surface area contributed by atoms with Gasteiger partial charge in [-0.2, -0.15) is 0 Å². The van der Waals surface area contributed by atoms with Crippen molar-refractivity contribution in [3.05, 3.63) is 26.9 Å². The maximum absolute atomic E-state index is 10.5. The van der Waals surface area contributed by atoms with Crippen LogP contribution in [0.1, 0.15) is 5.69 Å². The Hall–Kier alpha value is -0.460. The Balaban J connectivity index is 2.82. The van der Waals surface area contributed by atoms with Gasteiger partial charge in [0.15, 0.2) is 0 Å². The molecule has 0 aromatic carbocycles. The van der Waals surface area contributed by atoms with Gasteiger partial charge in [-0.15, -0.1) is 0 Å². The largest absolute Gasteiger partial charge is 0.480 e. The van der Waals surface area contributed by atoms with Gasteiger partial charge in [-0.3, -0.25) is 9.78 Å². The molecule has 76 valence electrons. The molecular weight excluding hydrogens is 316 g/mol. The zero-order valence-electron chi connectivity index (χ0n) is 7.08. The van der Waals surface area contributed by atoms with Gasteiger partial charge >= 0.3 is 5.97 Å². The second-order valence-corrected chi connectivity index (χ2v) is 4.50. The summed E-state index contributed by atoms with van der Waals surface area (Å²) in [6.07, 6.45) is 1.82. The highest BCUT2D eigenvalue weighted by molar-refractivity contribution is 9.11. The summed E-state index contributed by atoms with van der Waals surface area (Å²) in [7, 11) is 0. The molecule has 1 aromatic rings. The third-order valence-corrected chi connectivity index (χ3v) is 2.73. The molecule has 0 spiro atoms. The van der Waals surface area contributed by atoms with E-state index in [4.69, 9.17) is 10.8 Å². The molecule has 0 fully saturated rings. The lowest BCUT2D eigenvalue weighted by Crippen LogP contribution is -2.32. The van der Waals surface area contributed by atoms with Gasteiger partial charge in [0.25, 0.3) is 0 Å². The molecule has 6 heteroatoms. The van der Waals surface area contributed by atoms with Crippen molar-refractivity contribution in [2.24, 2.45) is 5.73 Å². The lowest BCUT2D eigenvalue weighted by molar-refractivity contribution is -0.138. The predicted molar refractivity (Wildman–Crippen MR) is 59.0 cm³/mol. The molecule has 0 aliphatic rings. The Kier molecular flexibility index (Phi) is 4.03. The fourth-order valence-corrected chi connectivity index (χ4v) is 2.04. The van der Waals surface area contributed by atoms with Crippen molar-refractivity contribution in [1.82, 2.24) is 4.98 Å². The quantitative estimate of drug-likeness (QED) is 0.885. The van der Waals surface area contributed by atoms with E-state index in [-0.39, 0.29) is 6.42 Å². The summed E-state index contributed by atoms with van der Waals surface area (Å²) < 4.78 is 1.58. The van der Waals surface area contributed by atoms with E-state index in [1.54, 1.807) is 12.3 Å². The van der Waals surface area contributed by atoms with E-state index in [2.05, 4.69) is 36.8 Å². The first-order chi connectivity index (χ1) is 6.50. The molecule has 1 unspecified atom stereocenters. The Morgan fingerprint density at radius 3 is 2.79 bits per heavy atom. The maximum atomic E-state index is 10.5.